The second-order valence-electron chi connectivity index (χ2n) is 4.86. The van der Waals surface area contributed by atoms with Crippen LogP contribution in [0.4, 0.5) is 0 Å². The van der Waals surface area contributed by atoms with Crippen molar-refractivity contribution in [1.29, 1.82) is 0 Å². The molecule has 0 unspecified atom stereocenters. The second-order valence-corrected chi connectivity index (χ2v) is 5.70. The van der Waals surface area contributed by atoms with E-state index in [2.05, 4.69) is 25.2 Å². The molecule has 0 aromatic heterocycles. The van der Waals surface area contributed by atoms with E-state index in [4.69, 9.17) is 23.2 Å². The molecule has 0 heterocycles. The molecule has 19 heavy (non-hydrogen) atoms. The van der Waals surface area contributed by atoms with Gasteiger partial charge in [0, 0.05) is 28.2 Å². The van der Waals surface area contributed by atoms with Crippen molar-refractivity contribution in [3.8, 4) is 11.1 Å². The van der Waals surface area contributed by atoms with Gasteiger partial charge in [0.2, 0.25) is 0 Å². The SMILES string of the molecule is CC(C)NCc1ccc(-c2cccc(Cl)c2)c(Cl)c1. The fraction of sp³-hybridized carbons (Fsp3) is 0.250. The van der Waals surface area contributed by atoms with Crippen molar-refractivity contribution in [1.82, 2.24) is 5.32 Å². The lowest BCUT2D eigenvalue weighted by atomic mass is 10.0. The first kappa shape index (κ1) is 14.4. The third kappa shape index (κ3) is 3.97. The van der Waals surface area contributed by atoms with Gasteiger partial charge < -0.3 is 5.32 Å². The van der Waals surface area contributed by atoms with E-state index < -0.39 is 0 Å². The topological polar surface area (TPSA) is 12.0 Å². The minimum Gasteiger partial charge on any atom is -0.310 e. The molecule has 3 heteroatoms. The van der Waals surface area contributed by atoms with Crippen LogP contribution in [-0.4, -0.2) is 6.04 Å². The van der Waals surface area contributed by atoms with Gasteiger partial charge in [-0.25, -0.2) is 0 Å². The zero-order valence-electron chi connectivity index (χ0n) is 11.1. The zero-order valence-corrected chi connectivity index (χ0v) is 12.6. The summed E-state index contributed by atoms with van der Waals surface area (Å²) in [4.78, 5) is 0. The Morgan fingerprint density at radius 2 is 1.84 bits per heavy atom. The summed E-state index contributed by atoms with van der Waals surface area (Å²) >= 11 is 12.4. The van der Waals surface area contributed by atoms with Crippen LogP contribution in [-0.2, 0) is 6.54 Å². The average Bonchev–Trinajstić information content (AvgIpc) is 2.36. The largest absolute Gasteiger partial charge is 0.310 e. The molecular formula is C16H17Cl2N. The minimum atomic E-state index is 0.464. The Labute approximate surface area is 124 Å². The summed E-state index contributed by atoms with van der Waals surface area (Å²) in [6.45, 7) is 5.08. The molecule has 100 valence electrons. The van der Waals surface area contributed by atoms with Gasteiger partial charge in [-0.15, -0.1) is 0 Å². The van der Waals surface area contributed by atoms with Gasteiger partial charge in [-0.05, 0) is 29.3 Å². The smallest absolute Gasteiger partial charge is 0.0487 e. The molecule has 0 bridgehead atoms. The zero-order chi connectivity index (χ0) is 13.8. The van der Waals surface area contributed by atoms with Crippen molar-refractivity contribution >= 4 is 23.2 Å². The highest BCUT2D eigenvalue weighted by atomic mass is 35.5. The number of rotatable bonds is 4. The second kappa shape index (κ2) is 6.42. The Morgan fingerprint density at radius 3 is 2.47 bits per heavy atom. The quantitative estimate of drug-likeness (QED) is 0.821. The molecule has 1 N–H and O–H groups in total. The predicted molar refractivity (Wildman–Crippen MR) is 83.9 cm³/mol. The maximum atomic E-state index is 6.36. The average molecular weight is 294 g/mol. The lowest BCUT2D eigenvalue weighted by Crippen LogP contribution is -2.21. The summed E-state index contributed by atoms with van der Waals surface area (Å²) in [6, 6.07) is 14.3. The van der Waals surface area contributed by atoms with Crippen molar-refractivity contribution in [2.24, 2.45) is 0 Å². The standard InChI is InChI=1S/C16H17Cl2N/c1-11(2)19-10-12-6-7-15(16(18)8-12)13-4-3-5-14(17)9-13/h3-9,11,19H,10H2,1-2H3. The van der Waals surface area contributed by atoms with Crippen LogP contribution in [0.15, 0.2) is 42.5 Å². The Bertz CT molecular complexity index is 564. The molecule has 0 radical (unpaired) electrons. The van der Waals surface area contributed by atoms with Gasteiger partial charge in [0.1, 0.15) is 0 Å². The molecule has 0 aliphatic rings. The van der Waals surface area contributed by atoms with E-state index in [-0.39, 0.29) is 0 Å². The van der Waals surface area contributed by atoms with E-state index in [1.807, 2.05) is 36.4 Å². The number of hydrogen-bond donors (Lipinski definition) is 1. The fourth-order valence-electron chi connectivity index (χ4n) is 1.88. The molecule has 0 aliphatic heterocycles. The highest BCUT2D eigenvalue weighted by Crippen LogP contribution is 2.30. The molecule has 1 nitrogen and oxygen atoms in total. The van der Waals surface area contributed by atoms with Crippen LogP contribution in [0.25, 0.3) is 11.1 Å². The van der Waals surface area contributed by atoms with E-state index >= 15 is 0 Å². The van der Waals surface area contributed by atoms with Crippen LogP contribution < -0.4 is 5.32 Å². The fourth-order valence-corrected chi connectivity index (χ4v) is 2.38. The van der Waals surface area contributed by atoms with Crippen LogP contribution in [0.1, 0.15) is 19.4 Å². The highest BCUT2D eigenvalue weighted by Gasteiger charge is 2.05. The number of benzene rings is 2. The van der Waals surface area contributed by atoms with Gasteiger partial charge in [0.05, 0.1) is 0 Å². The molecule has 2 aromatic carbocycles. The van der Waals surface area contributed by atoms with Crippen LogP contribution in [0.5, 0.6) is 0 Å². The highest BCUT2D eigenvalue weighted by molar-refractivity contribution is 6.33. The molecule has 0 amide bonds. The van der Waals surface area contributed by atoms with Crippen LogP contribution in [0.3, 0.4) is 0 Å². The third-order valence-electron chi connectivity index (χ3n) is 2.88. The van der Waals surface area contributed by atoms with E-state index in [1.54, 1.807) is 0 Å². The lowest BCUT2D eigenvalue weighted by molar-refractivity contribution is 0.589. The Hall–Kier alpha value is -1.02. The van der Waals surface area contributed by atoms with E-state index in [1.165, 1.54) is 5.56 Å². The molecule has 0 saturated heterocycles. The van der Waals surface area contributed by atoms with Crippen molar-refractivity contribution in [3.05, 3.63) is 58.1 Å². The molecule has 0 spiro atoms. The van der Waals surface area contributed by atoms with Gasteiger partial charge >= 0.3 is 0 Å². The van der Waals surface area contributed by atoms with Gasteiger partial charge in [-0.1, -0.05) is 61.3 Å². The number of hydrogen-bond acceptors (Lipinski definition) is 1. The number of nitrogens with one attached hydrogen (secondary N) is 1. The van der Waals surface area contributed by atoms with Gasteiger partial charge in [-0.2, -0.15) is 0 Å². The van der Waals surface area contributed by atoms with Crippen LogP contribution >= 0.6 is 23.2 Å². The molecular weight excluding hydrogens is 277 g/mol. The molecule has 2 rings (SSSR count). The molecule has 0 aliphatic carbocycles. The Balaban J connectivity index is 2.24. The number of halogens is 2. The Kier molecular flexibility index (Phi) is 4.87. The summed E-state index contributed by atoms with van der Waals surface area (Å²) in [5, 5.41) is 4.85. The van der Waals surface area contributed by atoms with Gasteiger partial charge in [-0.3, -0.25) is 0 Å². The molecule has 2 aromatic rings. The first-order chi connectivity index (χ1) is 9.06. The van der Waals surface area contributed by atoms with E-state index in [9.17, 15) is 0 Å². The van der Waals surface area contributed by atoms with E-state index in [0.717, 1.165) is 27.7 Å². The predicted octanol–water partition coefficient (Wildman–Crippen LogP) is 5.16. The summed E-state index contributed by atoms with van der Waals surface area (Å²) in [5.74, 6) is 0. The molecule has 0 saturated carbocycles. The van der Waals surface area contributed by atoms with Crippen molar-refractivity contribution in [2.75, 3.05) is 0 Å². The van der Waals surface area contributed by atoms with Gasteiger partial charge in [0.15, 0.2) is 0 Å². The first-order valence-electron chi connectivity index (χ1n) is 6.34. The molecule has 0 atom stereocenters. The van der Waals surface area contributed by atoms with Crippen LogP contribution in [0.2, 0.25) is 10.0 Å². The Morgan fingerprint density at radius 1 is 1.05 bits per heavy atom. The maximum Gasteiger partial charge on any atom is 0.0487 e. The van der Waals surface area contributed by atoms with Crippen molar-refractivity contribution < 1.29 is 0 Å². The monoisotopic (exact) mass is 293 g/mol. The third-order valence-corrected chi connectivity index (χ3v) is 3.43. The summed E-state index contributed by atoms with van der Waals surface area (Å²) in [6.07, 6.45) is 0. The summed E-state index contributed by atoms with van der Waals surface area (Å²) in [5.41, 5.74) is 3.24. The normalized spacial score (nSPS) is 11.0. The van der Waals surface area contributed by atoms with Crippen LogP contribution in [0, 0.1) is 0 Å². The molecule has 0 fully saturated rings. The van der Waals surface area contributed by atoms with Gasteiger partial charge in [0.25, 0.3) is 0 Å². The minimum absolute atomic E-state index is 0.464. The summed E-state index contributed by atoms with van der Waals surface area (Å²) < 4.78 is 0. The summed E-state index contributed by atoms with van der Waals surface area (Å²) in [7, 11) is 0. The lowest BCUT2D eigenvalue weighted by Gasteiger charge is -2.10. The maximum absolute atomic E-state index is 6.36. The van der Waals surface area contributed by atoms with Crippen molar-refractivity contribution in [2.45, 2.75) is 26.4 Å². The van der Waals surface area contributed by atoms with Crippen molar-refractivity contribution in [3.63, 3.8) is 0 Å². The first-order valence-corrected chi connectivity index (χ1v) is 7.09. The van der Waals surface area contributed by atoms with E-state index in [0.29, 0.717) is 6.04 Å².